The van der Waals surface area contributed by atoms with Crippen molar-refractivity contribution < 1.29 is 18.0 Å². The van der Waals surface area contributed by atoms with Crippen LogP contribution in [0.15, 0.2) is 35.4 Å². The van der Waals surface area contributed by atoms with Gasteiger partial charge in [-0.05, 0) is 18.2 Å². The summed E-state index contributed by atoms with van der Waals surface area (Å²) in [7, 11) is 0. The summed E-state index contributed by atoms with van der Waals surface area (Å²) in [5.74, 6) is 0.852. The van der Waals surface area contributed by atoms with E-state index in [1.807, 2.05) is 18.2 Å². The highest BCUT2D eigenvalue weighted by Gasteiger charge is 2.19. The standard InChI is InChI=1S/C17H18F2N6O2/c18-15(19)9-26-17-13-7-12(1-2-14(13)20-10-21-17)25-5-3-24(4-6-25)8-16-22-11-27-23-16/h1-2,7,10-11,15H,3-6,8-9H2. The lowest BCUT2D eigenvalue weighted by atomic mass is 10.2. The Labute approximate surface area is 153 Å². The number of aromatic nitrogens is 4. The summed E-state index contributed by atoms with van der Waals surface area (Å²) in [5, 5.41) is 4.47. The zero-order valence-corrected chi connectivity index (χ0v) is 14.5. The summed E-state index contributed by atoms with van der Waals surface area (Å²) in [6.07, 6.45) is 0.0983. The number of hydrogen-bond acceptors (Lipinski definition) is 8. The first-order valence-electron chi connectivity index (χ1n) is 8.57. The molecule has 1 aliphatic rings. The molecule has 10 heteroatoms. The van der Waals surface area contributed by atoms with E-state index < -0.39 is 13.0 Å². The summed E-state index contributed by atoms with van der Waals surface area (Å²) >= 11 is 0. The van der Waals surface area contributed by atoms with E-state index in [1.54, 1.807) is 0 Å². The lowest BCUT2D eigenvalue weighted by Crippen LogP contribution is -2.46. The first-order chi connectivity index (χ1) is 13.2. The molecule has 1 saturated heterocycles. The molecule has 0 bridgehead atoms. The number of halogens is 2. The number of ether oxygens (including phenoxy) is 1. The molecule has 4 rings (SSSR count). The van der Waals surface area contributed by atoms with Crippen molar-refractivity contribution in [1.29, 1.82) is 0 Å². The van der Waals surface area contributed by atoms with E-state index in [-0.39, 0.29) is 5.88 Å². The van der Waals surface area contributed by atoms with Crippen molar-refractivity contribution in [2.75, 3.05) is 37.7 Å². The fraction of sp³-hybridized carbons (Fsp3) is 0.412. The molecule has 0 saturated carbocycles. The van der Waals surface area contributed by atoms with Crippen molar-refractivity contribution in [1.82, 2.24) is 25.0 Å². The van der Waals surface area contributed by atoms with Crippen molar-refractivity contribution in [3.63, 3.8) is 0 Å². The lowest BCUT2D eigenvalue weighted by Gasteiger charge is -2.35. The van der Waals surface area contributed by atoms with E-state index in [0.29, 0.717) is 23.3 Å². The number of alkyl halides is 2. The lowest BCUT2D eigenvalue weighted by molar-refractivity contribution is 0.0804. The van der Waals surface area contributed by atoms with Crippen LogP contribution in [0.1, 0.15) is 5.82 Å². The molecule has 0 unspecified atom stereocenters. The maximum Gasteiger partial charge on any atom is 0.272 e. The second-order valence-electron chi connectivity index (χ2n) is 6.19. The summed E-state index contributed by atoms with van der Waals surface area (Å²) in [4.78, 5) is 16.7. The Bertz CT molecular complexity index is 884. The number of rotatable bonds is 6. The molecule has 0 N–H and O–H groups in total. The van der Waals surface area contributed by atoms with Crippen LogP contribution in [0.5, 0.6) is 5.88 Å². The molecule has 0 amide bonds. The third kappa shape index (κ3) is 4.11. The summed E-state index contributed by atoms with van der Waals surface area (Å²) in [5.41, 5.74) is 1.65. The fourth-order valence-corrected chi connectivity index (χ4v) is 3.10. The molecule has 0 radical (unpaired) electrons. The van der Waals surface area contributed by atoms with Crippen LogP contribution in [-0.4, -0.2) is 64.2 Å². The van der Waals surface area contributed by atoms with Crippen LogP contribution in [-0.2, 0) is 6.54 Å². The van der Waals surface area contributed by atoms with Gasteiger partial charge in [-0.2, -0.15) is 4.98 Å². The molecule has 0 atom stereocenters. The minimum atomic E-state index is -2.55. The highest BCUT2D eigenvalue weighted by atomic mass is 19.3. The zero-order chi connectivity index (χ0) is 18.6. The van der Waals surface area contributed by atoms with Gasteiger partial charge in [0.2, 0.25) is 12.3 Å². The Morgan fingerprint density at radius 2 is 1.96 bits per heavy atom. The molecular formula is C17H18F2N6O2. The molecule has 1 aliphatic heterocycles. The van der Waals surface area contributed by atoms with Crippen LogP contribution in [0.25, 0.3) is 10.9 Å². The second-order valence-corrected chi connectivity index (χ2v) is 6.19. The minimum absolute atomic E-state index is 0.179. The topological polar surface area (TPSA) is 80.4 Å². The molecule has 3 aromatic rings. The molecule has 1 fully saturated rings. The first kappa shape index (κ1) is 17.5. The largest absolute Gasteiger partial charge is 0.471 e. The number of nitrogens with zero attached hydrogens (tertiary/aromatic N) is 6. The average molecular weight is 376 g/mol. The molecule has 142 valence electrons. The van der Waals surface area contributed by atoms with E-state index in [0.717, 1.165) is 31.9 Å². The predicted octanol–water partition coefficient (Wildman–Crippen LogP) is 1.98. The number of fused-ring (bicyclic) bond motifs is 1. The van der Waals surface area contributed by atoms with Crippen LogP contribution in [0.3, 0.4) is 0 Å². The molecule has 27 heavy (non-hydrogen) atoms. The quantitative estimate of drug-likeness (QED) is 0.646. The van der Waals surface area contributed by atoms with Crippen LogP contribution in [0.4, 0.5) is 14.5 Å². The van der Waals surface area contributed by atoms with Gasteiger partial charge < -0.3 is 14.2 Å². The van der Waals surface area contributed by atoms with E-state index in [9.17, 15) is 8.78 Å². The fourth-order valence-electron chi connectivity index (χ4n) is 3.10. The predicted molar refractivity (Wildman–Crippen MR) is 92.8 cm³/mol. The van der Waals surface area contributed by atoms with Crippen molar-refractivity contribution in [3.8, 4) is 5.88 Å². The Morgan fingerprint density at radius 3 is 2.70 bits per heavy atom. The molecule has 2 aromatic heterocycles. The first-order valence-corrected chi connectivity index (χ1v) is 8.57. The number of benzene rings is 1. The Kier molecular flexibility index (Phi) is 5.05. The van der Waals surface area contributed by atoms with E-state index in [2.05, 4.69) is 29.9 Å². The summed E-state index contributed by atoms with van der Waals surface area (Å²) < 4.78 is 34.8. The Balaban J connectivity index is 1.46. The maximum atomic E-state index is 12.5. The summed E-state index contributed by atoms with van der Waals surface area (Å²) in [6.45, 7) is 3.32. The van der Waals surface area contributed by atoms with Gasteiger partial charge in [-0.25, -0.2) is 18.7 Å². The van der Waals surface area contributed by atoms with Gasteiger partial charge in [0.05, 0.1) is 17.4 Å². The number of piperazine rings is 1. The molecule has 3 heterocycles. The van der Waals surface area contributed by atoms with E-state index >= 15 is 0 Å². The third-order valence-electron chi connectivity index (χ3n) is 4.44. The smallest absolute Gasteiger partial charge is 0.272 e. The van der Waals surface area contributed by atoms with Gasteiger partial charge in [-0.1, -0.05) is 5.16 Å². The SMILES string of the molecule is FC(F)COc1ncnc2ccc(N3CCN(Cc4ncon4)CC3)cc12. The highest BCUT2D eigenvalue weighted by Crippen LogP contribution is 2.27. The molecule has 1 aromatic carbocycles. The van der Waals surface area contributed by atoms with Crippen molar-refractivity contribution in [2.45, 2.75) is 13.0 Å². The summed E-state index contributed by atoms with van der Waals surface area (Å²) in [6, 6.07) is 5.72. The average Bonchev–Trinajstić information content (AvgIpc) is 3.19. The van der Waals surface area contributed by atoms with Gasteiger partial charge in [0, 0.05) is 31.9 Å². The molecule has 0 spiro atoms. The van der Waals surface area contributed by atoms with Crippen LogP contribution >= 0.6 is 0 Å². The Morgan fingerprint density at radius 1 is 1.11 bits per heavy atom. The van der Waals surface area contributed by atoms with Gasteiger partial charge in [0.25, 0.3) is 6.43 Å². The molecule has 8 nitrogen and oxygen atoms in total. The van der Waals surface area contributed by atoms with Crippen LogP contribution in [0.2, 0.25) is 0 Å². The van der Waals surface area contributed by atoms with E-state index in [1.165, 1.54) is 12.7 Å². The second kappa shape index (κ2) is 7.78. The number of anilines is 1. The number of hydrogen-bond donors (Lipinski definition) is 0. The van der Waals surface area contributed by atoms with Gasteiger partial charge in [0.15, 0.2) is 12.4 Å². The Hall–Kier alpha value is -2.88. The van der Waals surface area contributed by atoms with Crippen molar-refractivity contribution in [2.24, 2.45) is 0 Å². The zero-order valence-electron chi connectivity index (χ0n) is 14.5. The highest BCUT2D eigenvalue weighted by molar-refractivity contribution is 5.86. The van der Waals surface area contributed by atoms with Crippen molar-refractivity contribution in [3.05, 3.63) is 36.7 Å². The van der Waals surface area contributed by atoms with Crippen molar-refractivity contribution >= 4 is 16.6 Å². The third-order valence-corrected chi connectivity index (χ3v) is 4.44. The van der Waals surface area contributed by atoms with Crippen LogP contribution in [0, 0.1) is 0 Å². The minimum Gasteiger partial charge on any atom is -0.471 e. The van der Waals surface area contributed by atoms with Gasteiger partial charge in [0.1, 0.15) is 6.33 Å². The van der Waals surface area contributed by atoms with E-state index in [4.69, 9.17) is 9.26 Å². The van der Waals surface area contributed by atoms with Crippen LogP contribution < -0.4 is 9.64 Å². The molecule has 0 aliphatic carbocycles. The van der Waals surface area contributed by atoms with Gasteiger partial charge in [-0.3, -0.25) is 4.90 Å². The molecular weight excluding hydrogens is 358 g/mol. The van der Waals surface area contributed by atoms with Gasteiger partial charge >= 0.3 is 0 Å². The maximum absolute atomic E-state index is 12.5. The normalized spacial score (nSPS) is 15.6. The van der Waals surface area contributed by atoms with Gasteiger partial charge in [-0.15, -0.1) is 0 Å². The monoisotopic (exact) mass is 376 g/mol.